The number of pyridine rings is 1. The van der Waals surface area contributed by atoms with Gasteiger partial charge in [-0.2, -0.15) is 0 Å². The van der Waals surface area contributed by atoms with E-state index < -0.39 is 0 Å². The van der Waals surface area contributed by atoms with E-state index >= 15 is 0 Å². The van der Waals surface area contributed by atoms with Crippen LogP contribution in [0.4, 0.5) is 11.5 Å². The van der Waals surface area contributed by atoms with Gasteiger partial charge in [0.25, 0.3) is 0 Å². The summed E-state index contributed by atoms with van der Waals surface area (Å²) in [5, 5.41) is 5.63. The zero-order valence-corrected chi connectivity index (χ0v) is 17.9. The average Bonchev–Trinajstić information content (AvgIpc) is 3.14. The molecule has 0 unspecified atom stereocenters. The fraction of sp³-hybridized carbons (Fsp3) is 0.261. The van der Waals surface area contributed by atoms with Crippen molar-refractivity contribution in [3.8, 4) is 0 Å². The van der Waals surface area contributed by atoms with Gasteiger partial charge in [-0.3, -0.25) is 4.98 Å². The van der Waals surface area contributed by atoms with Gasteiger partial charge in [-0.15, -0.1) is 11.3 Å². The van der Waals surface area contributed by atoms with E-state index in [1.54, 1.807) is 11.8 Å². The number of rotatable bonds is 5. The molecule has 3 aromatic heterocycles. The molecule has 0 bridgehead atoms. The Morgan fingerprint density at radius 3 is 2.52 bits per heavy atom. The van der Waals surface area contributed by atoms with Gasteiger partial charge in [0.2, 0.25) is 0 Å². The van der Waals surface area contributed by atoms with Crippen LogP contribution in [0.15, 0.2) is 53.9 Å². The van der Waals surface area contributed by atoms with Crippen LogP contribution in [0.1, 0.15) is 34.4 Å². The van der Waals surface area contributed by atoms with Crippen LogP contribution < -0.4 is 5.32 Å². The summed E-state index contributed by atoms with van der Waals surface area (Å²) >= 11 is 3.45. The molecule has 0 saturated carbocycles. The van der Waals surface area contributed by atoms with Crippen molar-refractivity contribution < 1.29 is 0 Å². The van der Waals surface area contributed by atoms with Crippen molar-refractivity contribution in [2.24, 2.45) is 0 Å². The van der Waals surface area contributed by atoms with E-state index in [-0.39, 0.29) is 0 Å². The lowest BCUT2D eigenvalue weighted by molar-refractivity contribution is 0.700. The number of hydrogen-bond donors (Lipinski definition) is 1. The van der Waals surface area contributed by atoms with Crippen LogP contribution in [0.25, 0.3) is 10.2 Å². The maximum Gasteiger partial charge on any atom is 0.190 e. The van der Waals surface area contributed by atoms with E-state index in [9.17, 15) is 0 Å². The highest BCUT2D eigenvalue weighted by Gasteiger charge is 2.21. The number of thioether (sulfide) groups is 1. The first-order valence-corrected chi connectivity index (χ1v) is 12.0. The maximum atomic E-state index is 4.83. The van der Waals surface area contributed by atoms with Crippen LogP contribution in [0.3, 0.4) is 0 Å². The summed E-state index contributed by atoms with van der Waals surface area (Å²) in [7, 11) is 0. The SMILES string of the molecule is CSc1nc(Nc2ccc(Cc3ccncc3)cc2)c2c3c(sc2n1)CCCC3. The van der Waals surface area contributed by atoms with Gasteiger partial charge in [0.15, 0.2) is 5.16 Å². The first-order chi connectivity index (χ1) is 14.3. The summed E-state index contributed by atoms with van der Waals surface area (Å²) in [6.07, 6.45) is 11.5. The van der Waals surface area contributed by atoms with E-state index in [4.69, 9.17) is 9.97 Å². The van der Waals surface area contributed by atoms with Gasteiger partial charge in [-0.25, -0.2) is 9.97 Å². The van der Waals surface area contributed by atoms with Crippen LogP contribution in [0, 0.1) is 0 Å². The van der Waals surface area contributed by atoms with Crippen LogP contribution in [0.5, 0.6) is 0 Å². The van der Waals surface area contributed by atoms with Crippen molar-refractivity contribution in [2.45, 2.75) is 37.3 Å². The van der Waals surface area contributed by atoms with Crippen molar-refractivity contribution in [3.05, 3.63) is 70.4 Å². The lowest BCUT2D eigenvalue weighted by Crippen LogP contribution is -2.02. The molecule has 1 aliphatic rings. The first-order valence-electron chi connectivity index (χ1n) is 9.91. The summed E-state index contributed by atoms with van der Waals surface area (Å²) in [6.45, 7) is 0. The van der Waals surface area contributed by atoms with E-state index in [1.165, 1.54) is 46.2 Å². The van der Waals surface area contributed by atoms with E-state index in [2.05, 4.69) is 46.7 Å². The minimum absolute atomic E-state index is 0.827. The topological polar surface area (TPSA) is 50.7 Å². The fourth-order valence-corrected chi connectivity index (χ4v) is 5.58. The molecule has 0 atom stereocenters. The van der Waals surface area contributed by atoms with Gasteiger partial charge >= 0.3 is 0 Å². The second-order valence-electron chi connectivity index (χ2n) is 7.30. The van der Waals surface area contributed by atoms with Crippen molar-refractivity contribution >= 4 is 44.8 Å². The highest BCUT2D eigenvalue weighted by molar-refractivity contribution is 7.98. The molecule has 146 valence electrons. The Bertz CT molecular complexity index is 1140. The molecule has 4 nitrogen and oxygen atoms in total. The molecule has 0 fully saturated rings. The predicted octanol–water partition coefficient (Wildman–Crippen LogP) is 6.02. The number of nitrogens with one attached hydrogen (secondary N) is 1. The Kier molecular flexibility index (Phi) is 5.21. The summed E-state index contributed by atoms with van der Waals surface area (Å²) in [5.74, 6) is 0.945. The lowest BCUT2D eigenvalue weighted by atomic mass is 9.97. The highest BCUT2D eigenvalue weighted by Crippen LogP contribution is 2.40. The van der Waals surface area contributed by atoms with Gasteiger partial charge in [0, 0.05) is 23.0 Å². The molecule has 0 saturated heterocycles. The Hall–Kier alpha value is -2.44. The molecule has 0 spiro atoms. The van der Waals surface area contributed by atoms with Crippen molar-refractivity contribution in [3.63, 3.8) is 0 Å². The number of nitrogens with zero attached hydrogens (tertiary/aromatic N) is 3. The largest absolute Gasteiger partial charge is 0.340 e. The molecular weight excluding hydrogens is 396 g/mol. The third-order valence-corrected chi connectivity index (χ3v) is 7.08. The molecule has 5 rings (SSSR count). The summed E-state index contributed by atoms with van der Waals surface area (Å²) < 4.78 is 0. The monoisotopic (exact) mass is 418 g/mol. The maximum absolute atomic E-state index is 4.83. The third-order valence-electron chi connectivity index (χ3n) is 5.35. The molecule has 6 heteroatoms. The van der Waals surface area contributed by atoms with Gasteiger partial charge in [-0.1, -0.05) is 23.9 Å². The number of hydrogen-bond acceptors (Lipinski definition) is 6. The third kappa shape index (κ3) is 3.87. The molecule has 1 N–H and O–H groups in total. The smallest absolute Gasteiger partial charge is 0.190 e. The Morgan fingerprint density at radius 1 is 0.966 bits per heavy atom. The number of aromatic nitrogens is 3. The van der Waals surface area contributed by atoms with Crippen molar-refractivity contribution in [1.29, 1.82) is 0 Å². The molecule has 0 aliphatic heterocycles. The van der Waals surface area contributed by atoms with E-state index in [1.807, 2.05) is 30.0 Å². The average molecular weight is 419 g/mol. The summed E-state index contributed by atoms with van der Waals surface area (Å²) in [6, 6.07) is 12.8. The number of anilines is 2. The standard InChI is InChI=1S/C23H22N4S2/c1-28-23-26-21(20-18-4-2-3-5-19(18)29-22(20)27-23)25-17-8-6-15(7-9-17)14-16-10-12-24-13-11-16/h6-13H,2-5,14H2,1H3,(H,25,26,27). The second kappa shape index (κ2) is 8.13. The number of aryl methyl sites for hydroxylation is 2. The van der Waals surface area contributed by atoms with Crippen LogP contribution in [-0.2, 0) is 19.3 Å². The molecule has 29 heavy (non-hydrogen) atoms. The van der Waals surface area contributed by atoms with Crippen LogP contribution in [0.2, 0.25) is 0 Å². The molecule has 0 radical (unpaired) electrons. The van der Waals surface area contributed by atoms with Gasteiger partial charge < -0.3 is 5.32 Å². The molecule has 1 aliphatic carbocycles. The quantitative estimate of drug-likeness (QED) is 0.317. The van der Waals surface area contributed by atoms with Gasteiger partial charge in [0.05, 0.1) is 5.39 Å². The molecule has 0 amide bonds. The number of fused-ring (bicyclic) bond motifs is 3. The van der Waals surface area contributed by atoms with Crippen LogP contribution >= 0.6 is 23.1 Å². The van der Waals surface area contributed by atoms with E-state index in [0.717, 1.165) is 34.3 Å². The van der Waals surface area contributed by atoms with Crippen molar-refractivity contribution in [1.82, 2.24) is 15.0 Å². The zero-order valence-electron chi connectivity index (χ0n) is 16.3. The van der Waals surface area contributed by atoms with Gasteiger partial charge in [-0.05, 0) is 79.3 Å². The fourth-order valence-electron chi connectivity index (χ4n) is 3.90. The Balaban J connectivity index is 1.46. The number of thiophene rings is 1. The molecular formula is C23H22N4S2. The predicted molar refractivity (Wildman–Crippen MR) is 123 cm³/mol. The second-order valence-corrected chi connectivity index (χ2v) is 9.16. The first kappa shape index (κ1) is 18.6. The number of benzene rings is 1. The molecule has 4 aromatic rings. The lowest BCUT2D eigenvalue weighted by Gasteiger charge is -2.13. The minimum atomic E-state index is 0.827. The normalized spacial score (nSPS) is 13.4. The zero-order chi connectivity index (χ0) is 19.6. The highest BCUT2D eigenvalue weighted by atomic mass is 32.2. The molecule has 1 aromatic carbocycles. The minimum Gasteiger partial charge on any atom is -0.340 e. The summed E-state index contributed by atoms with van der Waals surface area (Å²) in [5.41, 5.74) is 5.08. The van der Waals surface area contributed by atoms with E-state index in [0.29, 0.717) is 0 Å². The van der Waals surface area contributed by atoms with Gasteiger partial charge in [0.1, 0.15) is 10.6 Å². The molecule has 3 heterocycles. The Morgan fingerprint density at radius 2 is 1.72 bits per heavy atom. The summed E-state index contributed by atoms with van der Waals surface area (Å²) in [4.78, 5) is 16.3. The van der Waals surface area contributed by atoms with Crippen LogP contribution in [-0.4, -0.2) is 21.2 Å². The van der Waals surface area contributed by atoms with Crippen molar-refractivity contribution in [2.75, 3.05) is 11.6 Å². The Labute approximate surface area is 178 Å².